The van der Waals surface area contributed by atoms with Gasteiger partial charge in [0.25, 0.3) is 5.91 Å². The Kier molecular flexibility index (Phi) is 6.17. The Labute approximate surface area is 183 Å². The lowest BCUT2D eigenvalue weighted by molar-refractivity contribution is -0.362. The molecule has 2 aromatic rings. The molecule has 2 aromatic carbocycles. The van der Waals surface area contributed by atoms with E-state index in [-0.39, 0.29) is 11.8 Å². The van der Waals surface area contributed by atoms with Gasteiger partial charge in [0, 0.05) is 28.7 Å². The summed E-state index contributed by atoms with van der Waals surface area (Å²) in [4.78, 5) is 36.8. The normalized spacial score (nSPS) is 17.7. The fourth-order valence-electron chi connectivity index (χ4n) is 3.60. The van der Waals surface area contributed by atoms with Crippen molar-refractivity contribution < 1.29 is 19.5 Å². The van der Waals surface area contributed by atoms with E-state index in [4.69, 9.17) is 4.99 Å². The molecule has 30 heavy (non-hydrogen) atoms. The third kappa shape index (κ3) is 4.56. The molecule has 0 radical (unpaired) electrons. The molecule has 4 rings (SSSR count). The summed E-state index contributed by atoms with van der Waals surface area (Å²) in [7, 11) is 1.45. The minimum absolute atomic E-state index is 0.112. The van der Waals surface area contributed by atoms with Crippen LogP contribution in [0, 0.1) is 0 Å². The summed E-state index contributed by atoms with van der Waals surface area (Å²) in [5, 5.41) is 4.51. The van der Waals surface area contributed by atoms with Crippen molar-refractivity contribution in [1.82, 2.24) is 15.3 Å². The van der Waals surface area contributed by atoms with Gasteiger partial charge in [0.1, 0.15) is 6.04 Å². The first-order chi connectivity index (χ1) is 14.6. The van der Waals surface area contributed by atoms with Crippen molar-refractivity contribution >= 4 is 33.4 Å². The van der Waals surface area contributed by atoms with Crippen molar-refractivity contribution in [3.8, 4) is 0 Å². The summed E-state index contributed by atoms with van der Waals surface area (Å²) in [5.74, 6) is -0.233. The molecule has 8 heteroatoms. The molecule has 2 aliphatic heterocycles. The van der Waals surface area contributed by atoms with Crippen molar-refractivity contribution in [3.05, 3.63) is 75.9 Å². The number of hydroxylamine groups is 2. The van der Waals surface area contributed by atoms with Gasteiger partial charge >= 0.3 is 0 Å². The van der Waals surface area contributed by atoms with E-state index in [1.54, 1.807) is 17.0 Å². The van der Waals surface area contributed by atoms with Gasteiger partial charge < -0.3 is 10.2 Å². The molecule has 0 aromatic heterocycles. The average Bonchev–Trinajstić information content (AvgIpc) is 3.34. The highest BCUT2D eigenvalue weighted by Crippen LogP contribution is 2.32. The topological polar surface area (TPSA) is 70.9 Å². The van der Waals surface area contributed by atoms with Gasteiger partial charge in [0.15, 0.2) is 0 Å². The molecule has 7 nitrogen and oxygen atoms in total. The van der Waals surface area contributed by atoms with E-state index in [2.05, 4.69) is 26.1 Å². The van der Waals surface area contributed by atoms with Gasteiger partial charge in [-0.05, 0) is 36.6 Å². The highest BCUT2D eigenvalue weighted by atomic mass is 79.9. The number of hydrogen-bond donors (Lipinski definition) is 1. The van der Waals surface area contributed by atoms with Crippen LogP contribution in [0.4, 0.5) is 0 Å². The molecule has 2 heterocycles. The van der Waals surface area contributed by atoms with Crippen LogP contribution in [-0.4, -0.2) is 41.5 Å². The van der Waals surface area contributed by atoms with Crippen molar-refractivity contribution in [3.63, 3.8) is 0 Å². The zero-order valence-corrected chi connectivity index (χ0v) is 18.1. The van der Waals surface area contributed by atoms with Crippen LogP contribution in [0.25, 0.3) is 5.70 Å². The first kappa shape index (κ1) is 20.6. The summed E-state index contributed by atoms with van der Waals surface area (Å²) in [5.41, 5.74) is 3.50. The smallest absolute Gasteiger partial charge is 0.254 e. The third-order valence-electron chi connectivity index (χ3n) is 5.17. The number of nitrogens with one attached hydrogen (secondary N) is 1. The maximum atomic E-state index is 12.9. The zero-order chi connectivity index (χ0) is 21.1. The van der Waals surface area contributed by atoms with Crippen LogP contribution in [0.5, 0.6) is 0 Å². The van der Waals surface area contributed by atoms with Crippen LogP contribution < -0.4 is 5.32 Å². The number of benzene rings is 2. The van der Waals surface area contributed by atoms with E-state index >= 15 is 0 Å². The first-order valence-electron chi connectivity index (χ1n) is 9.72. The van der Waals surface area contributed by atoms with Crippen molar-refractivity contribution in [2.24, 2.45) is 0 Å². The van der Waals surface area contributed by atoms with Crippen molar-refractivity contribution in [2.45, 2.75) is 25.4 Å². The molecule has 0 aliphatic carbocycles. The summed E-state index contributed by atoms with van der Waals surface area (Å²) in [6.07, 6.45) is 3.31. The number of carbonyl (C=O) groups excluding carboxylic acids is 2. The SMILES string of the molecule is COON1C=C1c1ccc(CNC(=O)C2CCCN2C(=O)c2cccc(Br)c2)cc1. The van der Waals surface area contributed by atoms with Crippen molar-refractivity contribution in [2.75, 3.05) is 13.7 Å². The lowest BCUT2D eigenvalue weighted by Gasteiger charge is -2.24. The second kappa shape index (κ2) is 8.99. The predicted octanol–water partition coefficient (Wildman–Crippen LogP) is 3.48. The van der Waals surface area contributed by atoms with E-state index in [9.17, 15) is 9.59 Å². The zero-order valence-electron chi connectivity index (χ0n) is 16.5. The van der Waals surface area contributed by atoms with Gasteiger partial charge in [0.05, 0.1) is 19.0 Å². The number of amides is 2. The molecule has 1 fully saturated rings. The molecule has 1 saturated heterocycles. The Morgan fingerprint density at radius 1 is 1.20 bits per heavy atom. The lowest BCUT2D eigenvalue weighted by Crippen LogP contribution is -2.45. The molecular weight excluding hydrogens is 450 g/mol. The summed E-state index contributed by atoms with van der Waals surface area (Å²) in [6, 6.07) is 14.7. The fraction of sp³-hybridized carbons (Fsp3) is 0.273. The minimum Gasteiger partial charge on any atom is -0.350 e. The van der Waals surface area contributed by atoms with Crippen LogP contribution in [0.15, 0.2) is 59.2 Å². The number of likely N-dealkylation sites (tertiary alicyclic amines) is 1. The third-order valence-corrected chi connectivity index (χ3v) is 5.66. The Balaban J connectivity index is 1.33. The fourth-order valence-corrected chi connectivity index (χ4v) is 4.00. The molecule has 2 aliphatic rings. The second-order valence-electron chi connectivity index (χ2n) is 7.16. The number of halogens is 1. The van der Waals surface area contributed by atoms with Gasteiger partial charge in [-0.1, -0.05) is 46.3 Å². The molecule has 1 atom stereocenters. The highest BCUT2D eigenvalue weighted by molar-refractivity contribution is 9.10. The quantitative estimate of drug-likeness (QED) is 0.494. The number of carbonyl (C=O) groups is 2. The number of nitrogens with zero attached hydrogens (tertiary/aromatic N) is 2. The monoisotopic (exact) mass is 471 g/mol. The molecule has 156 valence electrons. The number of hydrogen-bond acceptors (Lipinski definition) is 5. The molecule has 1 N–H and O–H groups in total. The molecule has 0 saturated carbocycles. The summed E-state index contributed by atoms with van der Waals surface area (Å²) in [6.45, 7) is 0.999. The van der Waals surface area contributed by atoms with Gasteiger partial charge in [0.2, 0.25) is 5.91 Å². The molecule has 0 bridgehead atoms. The molecule has 2 amide bonds. The maximum absolute atomic E-state index is 12.9. The van der Waals surface area contributed by atoms with Crippen LogP contribution in [0.3, 0.4) is 0 Å². The van der Waals surface area contributed by atoms with E-state index in [1.807, 2.05) is 42.6 Å². The predicted molar refractivity (Wildman–Crippen MR) is 114 cm³/mol. The maximum Gasteiger partial charge on any atom is 0.254 e. The van der Waals surface area contributed by atoms with Crippen molar-refractivity contribution in [1.29, 1.82) is 0 Å². The van der Waals surface area contributed by atoms with Gasteiger partial charge in [-0.2, -0.15) is 5.06 Å². The first-order valence-corrected chi connectivity index (χ1v) is 10.5. The number of rotatable bonds is 7. The van der Waals surface area contributed by atoms with E-state index < -0.39 is 6.04 Å². The average molecular weight is 472 g/mol. The Hall–Kier alpha value is -2.68. The largest absolute Gasteiger partial charge is 0.350 e. The molecular formula is C22H22BrN3O4. The Morgan fingerprint density at radius 3 is 2.73 bits per heavy atom. The lowest BCUT2D eigenvalue weighted by atomic mass is 10.1. The standard InChI is InChI=1S/C22H22BrN3O4/c1-29-30-26-14-20(26)16-9-7-15(8-10-16)13-24-21(27)19-6-3-11-25(19)22(28)17-4-2-5-18(23)12-17/h2,4-5,7-10,12,14,19H,3,6,11,13H2,1H3,(H,24,27). The van der Waals surface area contributed by atoms with E-state index in [0.717, 1.165) is 27.7 Å². The Morgan fingerprint density at radius 2 is 2.00 bits per heavy atom. The summed E-state index contributed by atoms with van der Waals surface area (Å²) < 4.78 is 0.843. The van der Waals surface area contributed by atoms with E-state index in [1.165, 1.54) is 12.2 Å². The molecule has 1 unspecified atom stereocenters. The summed E-state index contributed by atoms with van der Waals surface area (Å²) >= 11 is 3.39. The van der Waals surface area contributed by atoms with Gasteiger partial charge in [-0.3, -0.25) is 9.59 Å². The highest BCUT2D eigenvalue weighted by Gasteiger charge is 2.34. The minimum atomic E-state index is -0.438. The van der Waals surface area contributed by atoms with Gasteiger partial charge in [-0.15, -0.1) is 4.99 Å². The van der Waals surface area contributed by atoms with E-state index in [0.29, 0.717) is 25.1 Å². The van der Waals surface area contributed by atoms with Crippen LogP contribution >= 0.6 is 15.9 Å². The van der Waals surface area contributed by atoms with Crippen LogP contribution in [0.2, 0.25) is 0 Å². The Bertz CT molecular complexity index is 977. The molecule has 0 spiro atoms. The second-order valence-corrected chi connectivity index (χ2v) is 8.08. The van der Waals surface area contributed by atoms with Crippen LogP contribution in [0.1, 0.15) is 34.3 Å². The van der Waals surface area contributed by atoms with Gasteiger partial charge in [-0.25, -0.2) is 4.89 Å². The van der Waals surface area contributed by atoms with Crippen LogP contribution in [-0.2, 0) is 21.2 Å².